The summed E-state index contributed by atoms with van der Waals surface area (Å²) >= 11 is 4.80. The van der Waals surface area contributed by atoms with Crippen molar-refractivity contribution >= 4 is 17.4 Å². The van der Waals surface area contributed by atoms with Crippen molar-refractivity contribution in [3.63, 3.8) is 0 Å². The third-order valence-electron chi connectivity index (χ3n) is 1.56. The molecular formula is C9H11NO2S. The lowest BCUT2D eigenvalue weighted by molar-refractivity contribution is 0.392. The molecule has 70 valence electrons. The quantitative estimate of drug-likeness (QED) is 0.703. The first kappa shape index (κ1) is 9.80. The first-order valence-corrected chi connectivity index (χ1v) is 4.23. The van der Waals surface area contributed by atoms with E-state index in [0.717, 1.165) is 5.56 Å². The number of hydrogen-bond donors (Lipinski definition) is 2. The Labute approximate surface area is 82.3 Å². The third kappa shape index (κ3) is 3.29. The second kappa shape index (κ2) is 4.67. The van der Waals surface area contributed by atoms with Crippen LogP contribution < -0.4 is 5.32 Å². The van der Waals surface area contributed by atoms with Gasteiger partial charge in [0.25, 0.3) is 5.17 Å². The highest BCUT2D eigenvalue weighted by Crippen LogP contribution is 2.08. The number of phenols is 1. The molecule has 0 heterocycles. The topological polar surface area (TPSA) is 41.5 Å². The Hall–Kier alpha value is -1.29. The Bertz CT molecular complexity index is 284. The standard InChI is InChI=1S/C9H11NO2S/c1-12-9(13)10-6-7-2-4-8(11)5-3-7/h2-5,11H,6H2,1H3,(H,10,13). The largest absolute Gasteiger partial charge is 0.508 e. The monoisotopic (exact) mass is 197 g/mol. The van der Waals surface area contributed by atoms with Gasteiger partial charge in [0.1, 0.15) is 5.75 Å². The molecule has 1 aromatic rings. The van der Waals surface area contributed by atoms with Gasteiger partial charge in [-0.3, -0.25) is 0 Å². The molecule has 0 aliphatic rings. The predicted molar refractivity (Wildman–Crippen MR) is 54.6 cm³/mol. The number of aromatic hydroxyl groups is 1. The van der Waals surface area contributed by atoms with Crippen LogP contribution in [0, 0.1) is 0 Å². The number of phenolic OH excluding ortho intramolecular Hbond substituents is 1. The highest BCUT2D eigenvalue weighted by atomic mass is 32.1. The minimum atomic E-state index is 0.262. The zero-order valence-corrected chi connectivity index (χ0v) is 8.10. The van der Waals surface area contributed by atoms with Gasteiger partial charge in [0.15, 0.2) is 0 Å². The minimum absolute atomic E-state index is 0.262. The van der Waals surface area contributed by atoms with Crippen LogP contribution in [0.1, 0.15) is 5.56 Å². The Morgan fingerprint density at radius 1 is 1.46 bits per heavy atom. The van der Waals surface area contributed by atoms with E-state index < -0.39 is 0 Å². The fourth-order valence-corrected chi connectivity index (χ4v) is 0.932. The van der Waals surface area contributed by atoms with Crippen LogP contribution in [-0.4, -0.2) is 17.4 Å². The summed E-state index contributed by atoms with van der Waals surface area (Å²) in [5.74, 6) is 0.262. The third-order valence-corrected chi connectivity index (χ3v) is 1.87. The Morgan fingerprint density at radius 2 is 2.08 bits per heavy atom. The van der Waals surface area contributed by atoms with Gasteiger partial charge in [0.2, 0.25) is 0 Å². The Kier molecular flexibility index (Phi) is 3.52. The van der Waals surface area contributed by atoms with E-state index in [1.807, 2.05) is 12.1 Å². The van der Waals surface area contributed by atoms with Gasteiger partial charge < -0.3 is 15.2 Å². The molecule has 0 aromatic heterocycles. The van der Waals surface area contributed by atoms with Crippen LogP contribution in [0.15, 0.2) is 24.3 Å². The van der Waals surface area contributed by atoms with Crippen molar-refractivity contribution in [3.8, 4) is 5.75 Å². The molecule has 13 heavy (non-hydrogen) atoms. The lowest BCUT2D eigenvalue weighted by atomic mass is 10.2. The molecule has 0 saturated carbocycles. The summed E-state index contributed by atoms with van der Waals surface area (Å²) in [6.07, 6.45) is 0. The summed E-state index contributed by atoms with van der Waals surface area (Å²) in [5.41, 5.74) is 1.04. The number of rotatable bonds is 2. The van der Waals surface area contributed by atoms with Crippen LogP contribution in [0.2, 0.25) is 0 Å². The summed E-state index contributed by atoms with van der Waals surface area (Å²) < 4.78 is 4.77. The van der Waals surface area contributed by atoms with Gasteiger partial charge in [-0.2, -0.15) is 0 Å². The summed E-state index contributed by atoms with van der Waals surface area (Å²) in [5, 5.41) is 12.3. The molecule has 0 saturated heterocycles. The summed E-state index contributed by atoms with van der Waals surface area (Å²) in [7, 11) is 1.52. The van der Waals surface area contributed by atoms with Gasteiger partial charge in [0.05, 0.1) is 7.11 Å². The van der Waals surface area contributed by atoms with Gasteiger partial charge in [0, 0.05) is 6.54 Å². The van der Waals surface area contributed by atoms with Crippen LogP contribution >= 0.6 is 12.2 Å². The number of methoxy groups -OCH3 is 1. The number of nitrogens with one attached hydrogen (secondary N) is 1. The molecule has 0 unspecified atom stereocenters. The summed E-state index contributed by atoms with van der Waals surface area (Å²) in [6, 6.07) is 6.90. The van der Waals surface area contributed by atoms with Crippen molar-refractivity contribution in [1.82, 2.24) is 5.32 Å². The molecular weight excluding hydrogens is 186 g/mol. The Balaban J connectivity index is 2.46. The molecule has 0 radical (unpaired) electrons. The Morgan fingerprint density at radius 3 is 2.62 bits per heavy atom. The molecule has 0 atom stereocenters. The van der Waals surface area contributed by atoms with Crippen LogP contribution in [0.3, 0.4) is 0 Å². The summed E-state index contributed by atoms with van der Waals surface area (Å²) in [4.78, 5) is 0. The maximum Gasteiger partial charge on any atom is 0.256 e. The van der Waals surface area contributed by atoms with Crippen molar-refractivity contribution in [2.24, 2.45) is 0 Å². The SMILES string of the molecule is COC(=S)NCc1ccc(O)cc1. The normalized spacial score (nSPS) is 9.31. The maximum atomic E-state index is 9.01. The van der Waals surface area contributed by atoms with Gasteiger partial charge in [-0.15, -0.1) is 0 Å². The molecule has 0 aliphatic heterocycles. The van der Waals surface area contributed by atoms with Gasteiger partial charge >= 0.3 is 0 Å². The van der Waals surface area contributed by atoms with E-state index in [9.17, 15) is 0 Å². The highest BCUT2D eigenvalue weighted by molar-refractivity contribution is 7.80. The van der Waals surface area contributed by atoms with Crippen molar-refractivity contribution in [1.29, 1.82) is 0 Å². The molecule has 1 rings (SSSR count). The second-order valence-corrected chi connectivity index (χ2v) is 2.88. The van der Waals surface area contributed by atoms with Crippen molar-refractivity contribution in [2.45, 2.75) is 6.54 Å². The molecule has 0 amide bonds. The van der Waals surface area contributed by atoms with Crippen molar-refractivity contribution in [3.05, 3.63) is 29.8 Å². The van der Waals surface area contributed by atoms with Crippen molar-refractivity contribution in [2.75, 3.05) is 7.11 Å². The summed E-state index contributed by atoms with van der Waals surface area (Å²) in [6.45, 7) is 0.604. The lowest BCUT2D eigenvalue weighted by Crippen LogP contribution is -2.21. The van der Waals surface area contributed by atoms with E-state index in [-0.39, 0.29) is 5.75 Å². The molecule has 0 fully saturated rings. The molecule has 0 spiro atoms. The number of hydrogen-bond acceptors (Lipinski definition) is 3. The average molecular weight is 197 g/mol. The maximum absolute atomic E-state index is 9.01. The fraction of sp³-hybridized carbons (Fsp3) is 0.222. The zero-order valence-electron chi connectivity index (χ0n) is 7.28. The molecule has 4 heteroatoms. The minimum Gasteiger partial charge on any atom is -0.508 e. The van der Waals surface area contributed by atoms with Crippen molar-refractivity contribution < 1.29 is 9.84 Å². The van der Waals surface area contributed by atoms with Gasteiger partial charge in [-0.25, -0.2) is 0 Å². The van der Waals surface area contributed by atoms with Crippen LogP contribution in [-0.2, 0) is 11.3 Å². The van der Waals surface area contributed by atoms with E-state index in [1.54, 1.807) is 12.1 Å². The smallest absolute Gasteiger partial charge is 0.256 e. The molecule has 0 bridgehead atoms. The molecule has 1 aromatic carbocycles. The van der Waals surface area contributed by atoms with Crippen LogP contribution in [0.4, 0.5) is 0 Å². The second-order valence-electron chi connectivity index (χ2n) is 2.51. The highest BCUT2D eigenvalue weighted by Gasteiger charge is 1.95. The van der Waals surface area contributed by atoms with E-state index in [2.05, 4.69) is 5.32 Å². The first-order chi connectivity index (χ1) is 6.22. The number of benzene rings is 1. The van der Waals surface area contributed by atoms with Crippen LogP contribution in [0.25, 0.3) is 0 Å². The van der Waals surface area contributed by atoms with Gasteiger partial charge in [-0.1, -0.05) is 12.1 Å². The average Bonchev–Trinajstić information content (AvgIpc) is 2.16. The van der Waals surface area contributed by atoms with E-state index in [4.69, 9.17) is 22.1 Å². The molecule has 2 N–H and O–H groups in total. The fourth-order valence-electron chi connectivity index (χ4n) is 0.860. The zero-order chi connectivity index (χ0) is 9.68. The van der Waals surface area contributed by atoms with E-state index in [1.165, 1.54) is 7.11 Å². The van der Waals surface area contributed by atoms with E-state index in [0.29, 0.717) is 11.7 Å². The molecule has 0 aliphatic carbocycles. The van der Waals surface area contributed by atoms with Gasteiger partial charge in [-0.05, 0) is 29.9 Å². The lowest BCUT2D eigenvalue weighted by Gasteiger charge is -2.05. The number of ether oxygens (including phenoxy) is 1. The van der Waals surface area contributed by atoms with Crippen LogP contribution in [0.5, 0.6) is 5.75 Å². The first-order valence-electron chi connectivity index (χ1n) is 3.82. The predicted octanol–water partition coefficient (Wildman–Crippen LogP) is 1.41. The van der Waals surface area contributed by atoms with E-state index >= 15 is 0 Å². The number of thiocarbonyl (C=S) groups is 1. The molecule has 3 nitrogen and oxygen atoms in total.